The Morgan fingerprint density at radius 2 is 0.644 bits per heavy atom. The van der Waals surface area contributed by atoms with Gasteiger partial charge in [-0.05, 0) is 89.9 Å². The highest BCUT2D eigenvalue weighted by Crippen LogP contribution is 2.13. The van der Waals surface area contributed by atoms with Crippen molar-refractivity contribution in [2.45, 2.75) is 258 Å². The van der Waals surface area contributed by atoms with Crippen LogP contribution < -0.4 is 0 Å². The highest BCUT2D eigenvalue weighted by molar-refractivity contribution is 5.71. The van der Waals surface area contributed by atoms with Gasteiger partial charge in [-0.1, -0.05) is 191 Å². The van der Waals surface area contributed by atoms with Gasteiger partial charge in [0.15, 0.2) is 6.10 Å². The maximum Gasteiger partial charge on any atom is 0.306 e. The molecule has 0 heterocycles. The van der Waals surface area contributed by atoms with Crippen LogP contribution in [0.2, 0.25) is 0 Å². The topological polar surface area (TPSA) is 78.9 Å². The summed E-state index contributed by atoms with van der Waals surface area (Å²) < 4.78 is 16.7. The van der Waals surface area contributed by atoms with Crippen LogP contribution in [0.3, 0.4) is 0 Å². The van der Waals surface area contributed by atoms with Crippen LogP contribution in [0.25, 0.3) is 0 Å². The Morgan fingerprint density at radius 3 is 1.05 bits per heavy atom. The minimum atomic E-state index is -0.808. The molecule has 0 saturated carbocycles. The minimum Gasteiger partial charge on any atom is -0.462 e. The Balaban J connectivity index is 4.45. The maximum atomic E-state index is 12.7. The normalized spacial score (nSPS) is 12.4. The number of hydrogen-bond donors (Lipinski definition) is 0. The number of carbonyl (C=O) groups is 3. The summed E-state index contributed by atoms with van der Waals surface area (Å²) in [6.45, 7) is 6.54. The molecule has 0 aromatic carbocycles. The molecule has 0 aromatic heterocycles. The molecule has 59 heavy (non-hydrogen) atoms. The number of carbonyl (C=O) groups excluding carboxylic acids is 3. The first kappa shape index (κ1) is 56.4. The second-order valence-electron chi connectivity index (χ2n) is 16.7. The minimum absolute atomic E-state index is 0.102. The number of ether oxygens (including phenoxy) is 3. The van der Waals surface area contributed by atoms with E-state index < -0.39 is 6.10 Å². The molecular formula is C53H94O6. The van der Waals surface area contributed by atoms with Gasteiger partial charge in [-0.2, -0.15) is 0 Å². The van der Waals surface area contributed by atoms with E-state index in [4.69, 9.17) is 14.2 Å². The summed E-state index contributed by atoms with van der Waals surface area (Å²) in [5.74, 6) is -0.988. The molecule has 1 unspecified atom stereocenters. The predicted molar refractivity (Wildman–Crippen MR) is 252 cm³/mol. The number of allylic oxidation sites excluding steroid dienone is 8. The van der Waals surface area contributed by atoms with E-state index in [1.54, 1.807) is 0 Å². The van der Waals surface area contributed by atoms with Crippen LogP contribution in [0, 0.1) is 0 Å². The molecule has 0 aliphatic carbocycles. The second-order valence-corrected chi connectivity index (χ2v) is 16.7. The lowest BCUT2D eigenvalue weighted by atomic mass is 10.1. The van der Waals surface area contributed by atoms with Crippen molar-refractivity contribution in [3.8, 4) is 0 Å². The van der Waals surface area contributed by atoms with E-state index in [1.165, 1.54) is 141 Å². The molecule has 6 heteroatoms. The van der Waals surface area contributed by atoms with E-state index >= 15 is 0 Å². The van der Waals surface area contributed by atoms with Crippen molar-refractivity contribution in [2.24, 2.45) is 0 Å². The molecule has 0 rings (SSSR count). The molecule has 0 radical (unpaired) electrons. The van der Waals surface area contributed by atoms with Crippen molar-refractivity contribution in [3.05, 3.63) is 48.6 Å². The van der Waals surface area contributed by atoms with Crippen molar-refractivity contribution in [1.82, 2.24) is 0 Å². The summed E-state index contributed by atoms with van der Waals surface area (Å²) in [5, 5.41) is 0. The lowest BCUT2D eigenvalue weighted by Gasteiger charge is -2.18. The van der Waals surface area contributed by atoms with Gasteiger partial charge in [-0.3, -0.25) is 14.4 Å². The summed E-state index contributed by atoms with van der Waals surface area (Å²) >= 11 is 0. The first-order valence-corrected chi connectivity index (χ1v) is 25.1. The predicted octanol–water partition coefficient (Wildman–Crippen LogP) is 16.3. The van der Waals surface area contributed by atoms with Gasteiger partial charge in [0.25, 0.3) is 0 Å². The van der Waals surface area contributed by atoms with Gasteiger partial charge in [0.1, 0.15) is 13.2 Å². The average Bonchev–Trinajstić information content (AvgIpc) is 3.23. The van der Waals surface area contributed by atoms with Crippen LogP contribution in [0.5, 0.6) is 0 Å². The average molecular weight is 827 g/mol. The Hall–Kier alpha value is -2.63. The van der Waals surface area contributed by atoms with E-state index in [1.807, 2.05) is 6.08 Å². The van der Waals surface area contributed by atoms with Crippen molar-refractivity contribution in [1.29, 1.82) is 0 Å². The van der Waals surface area contributed by atoms with Gasteiger partial charge >= 0.3 is 17.9 Å². The molecule has 342 valence electrons. The largest absolute Gasteiger partial charge is 0.462 e. The van der Waals surface area contributed by atoms with E-state index in [-0.39, 0.29) is 37.5 Å². The number of esters is 3. The molecule has 1 atom stereocenters. The van der Waals surface area contributed by atoms with Crippen LogP contribution in [0.15, 0.2) is 48.6 Å². The van der Waals surface area contributed by atoms with E-state index in [0.29, 0.717) is 19.3 Å². The van der Waals surface area contributed by atoms with Crippen LogP contribution in [0.4, 0.5) is 0 Å². The molecule has 0 fully saturated rings. The zero-order valence-corrected chi connectivity index (χ0v) is 39.0. The molecule has 0 saturated heterocycles. The zero-order valence-electron chi connectivity index (χ0n) is 39.0. The number of unbranched alkanes of at least 4 members (excludes halogenated alkanes) is 26. The monoisotopic (exact) mass is 827 g/mol. The lowest BCUT2D eigenvalue weighted by Crippen LogP contribution is -2.30. The molecule has 0 amide bonds. The molecule has 0 spiro atoms. The van der Waals surface area contributed by atoms with Crippen LogP contribution >= 0.6 is 0 Å². The van der Waals surface area contributed by atoms with Crippen LogP contribution in [-0.2, 0) is 28.6 Å². The fourth-order valence-corrected chi connectivity index (χ4v) is 6.95. The Bertz CT molecular complexity index is 1040. The highest BCUT2D eigenvalue weighted by atomic mass is 16.6. The van der Waals surface area contributed by atoms with Crippen LogP contribution in [0.1, 0.15) is 252 Å². The van der Waals surface area contributed by atoms with Crippen molar-refractivity contribution in [2.75, 3.05) is 13.2 Å². The van der Waals surface area contributed by atoms with Crippen LogP contribution in [-0.4, -0.2) is 37.2 Å². The lowest BCUT2D eigenvalue weighted by molar-refractivity contribution is -0.166. The smallest absolute Gasteiger partial charge is 0.306 e. The number of hydrogen-bond acceptors (Lipinski definition) is 6. The van der Waals surface area contributed by atoms with Gasteiger partial charge in [0, 0.05) is 19.3 Å². The quantitative estimate of drug-likeness (QED) is 0.0263. The van der Waals surface area contributed by atoms with Crippen molar-refractivity contribution in [3.63, 3.8) is 0 Å². The van der Waals surface area contributed by atoms with Crippen molar-refractivity contribution < 1.29 is 28.6 Å². The Kier molecular flexibility index (Phi) is 45.9. The maximum absolute atomic E-state index is 12.7. The fourth-order valence-electron chi connectivity index (χ4n) is 6.95. The highest BCUT2D eigenvalue weighted by Gasteiger charge is 2.19. The van der Waals surface area contributed by atoms with Crippen molar-refractivity contribution >= 4 is 17.9 Å². The standard InChI is InChI=1S/C53H94O6/c1-4-7-10-13-16-19-22-25-26-29-31-34-37-40-43-46-52(55)58-49-50(59-53(56)47-44-41-38-35-32-28-24-21-18-15-12-9-6-3)48-57-51(54)45-42-39-36-33-30-27-23-20-17-14-11-8-5-2/h19,22,27-28,30,32,38,41,50H,4-18,20-21,23-26,29,31,33-37,39-40,42-49H2,1-3H3/b22-19+,30-27+,32-28+,41-38+. The summed E-state index contributed by atoms with van der Waals surface area (Å²) in [6.07, 6.45) is 56.8. The SMILES string of the molecule is CCCCCC/C=C/CCCCCCCCCC(=O)OCC(COC(=O)CCCCC/C=C/CCCCCCCC)OC(=O)CC/C=C/C/C=C/CCCCCCCC. The summed E-state index contributed by atoms with van der Waals surface area (Å²) in [4.78, 5) is 37.8. The fraction of sp³-hybridized carbons (Fsp3) is 0.792. The second kappa shape index (κ2) is 48.0. The molecule has 0 bridgehead atoms. The third-order valence-corrected chi connectivity index (χ3v) is 10.8. The Morgan fingerprint density at radius 1 is 0.339 bits per heavy atom. The third kappa shape index (κ3) is 46.3. The van der Waals surface area contributed by atoms with E-state index in [9.17, 15) is 14.4 Å². The summed E-state index contributed by atoms with van der Waals surface area (Å²) in [7, 11) is 0. The molecule has 0 aromatic rings. The first-order chi connectivity index (χ1) is 29.0. The number of rotatable bonds is 45. The Labute approximate surface area is 365 Å². The van der Waals surface area contributed by atoms with Gasteiger partial charge in [0.05, 0.1) is 0 Å². The van der Waals surface area contributed by atoms with Gasteiger partial charge in [-0.25, -0.2) is 0 Å². The summed E-state index contributed by atoms with van der Waals surface area (Å²) in [5.41, 5.74) is 0. The molecule has 0 aliphatic heterocycles. The summed E-state index contributed by atoms with van der Waals surface area (Å²) in [6, 6.07) is 0. The molecule has 0 N–H and O–H groups in total. The molecule has 0 aliphatic rings. The van der Waals surface area contributed by atoms with Gasteiger partial charge in [0.2, 0.25) is 0 Å². The molecule has 6 nitrogen and oxygen atoms in total. The third-order valence-electron chi connectivity index (χ3n) is 10.8. The molecular weight excluding hydrogens is 733 g/mol. The van der Waals surface area contributed by atoms with Gasteiger partial charge in [-0.15, -0.1) is 0 Å². The zero-order chi connectivity index (χ0) is 43.0. The van der Waals surface area contributed by atoms with E-state index in [2.05, 4.69) is 63.3 Å². The first-order valence-electron chi connectivity index (χ1n) is 25.1. The van der Waals surface area contributed by atoms with E-state index in [0.717, 1.165) is 64.2 Å². The van der Waals surface area contributed by atoms with Gasteiger partial charge < -0.3 is 14.2 Å².